The van der Waals surface area contributed by atoms with E-state index in [-0.39, 0.29) is 21.6 Å². The highest BCUT2D eigenvalue weighted by molar-refractivity contribution is 7.89. The van der Waals surface area contributed by atoms with E-state index in [9.17, 15) is 8.42 Å². The molecule has 0 aliphatic carbocycles. The molecule has 0 spiro atoms. The van der Waals surface area contributed by atoms with Crippen LogP contribution in [0.5, 0.6) is 0 Å². The maximum atomic E-state index is 12.1. The van der Waals surface area contributed by atoms with Crippen LogP contribution < -0.4 is 5.73 Å². The van der Waals surface area contributed by atoms with Gasteiger partial charge in [0.2, 0.25) is 0 Å². The zero-order valence-electron chi connectivity index (χ0n) is 9.42. The van der Waals surface area contributed by atoms with Crippen molar-refractivity contribution < 1.29 is 8.42 Å². The number of rotatable bonds is 5. The molecule has 0 unspecified atom stereocenters. The van der Waals surface area contributed by atoms with Crippen molar-refractivity contribution in [2.24, 2.45) is 12.8 Å². The minimum atomic E-state index is -3.67. The number of sulfonamides is 1. The van der Waals surface area contributed by atoms with Gasteiger partial charge in [-0.1, -0.05) is 23.8 Å². The number of thiocarbonyl (C=S) groups is 1. The van der Waals surface area contributed by atoms with Crippen molar-refractivity contribution in [3.05, 3.63) is 11.2 Å². The summed E-state index contributed by atoms with van der Waals surface area (Å²) in [6.07, 6.45) is 1.61. The lowest BCUT2D eigenvalue weighted by molar-refractivity contribution is 0.469. The summed E-state index contributed by atoms with van der Waals surface area (Å²) in [7, 11) is -0.711. The molecule has 0 aromatic carbocycles. The molecular formula is C8H13ClN4O2S2. The lowest BCUT2D eigenvalue weighted by Gasteiger charge is -2.16. The second-order valence-corrected chi connectivity index (χ2v) is 6.36. The Hall–Kier alpha value is -0.700. The van der Waals surface area contributed by atoms with E-state index < -0.39 is 10.0 Å². The minimum Gasteiger partial charge on any atom is -0.393 e. The zero-order valence-corrected chi connectivity index (χ0v) is 11.8. The molecule has 1 aromatic heterocycles. The molecule has 1 aromatic rings. The summed E-state index contributed by atoms with van der Waals surface area (Å²) >= 11 is 10.5. The maximum Gasteiger partial charge on any atom is 0.261 e. The van der Waals surface area contributed by atoms with E-state index in [1.54, 1.807) is 0 Å². The van der Waals surface area contributed by atoms with E-state index in [0.29, 0.717) is 6.42 Å². The lowest BCUT2D eigenvalue weighted by Crippen LogP contribution is -2.31. The number of aromatic nitrogens is 2. The van der Waals surface area contributed by atoms with Crippen LogP contribution in [-0.4, -0.2) is 41.1 Å². The van der Waals surface area contributed by atoms with Gasteiger partial charge in [-0.2, -0.15) is 9.40 Å². The van der Waals surface area contributed by atoms with Crippen molar-refractivity contribution in [3.63, 3.8) is 0 Å². The van der Waals surface area contributed by atoms with Gasteiger partial charge in [0.1, 0.15) is 0 Å². The van der Waals surface area contributed by atoms with Gasteiger partial charge in [0, 0.05) is 27.1 Å². The van der Waals surface area contributed by atoms with Crippen molar-refractivity contribution in [2.45, 2.75) is 11.4 Å². The third kappa shape index (κ3) is 3.15. The Balaban J connectivity index is 2.99. The molecule has 2 N–H and O–H groups in total. The molecule has 0 radical (unpaired) electrons. The quantitative estimate of drug-likeness (QED) is 0.794. The molecule has 0 aliphatic rings. The summed E-state index contributed by atoms with van der Waals surface area (Å²) in [4.78, 5) is 0.267. The molecule has 0 aliphatic heterocycles. The minimum absolute atomic E-state index is 0.0374. The highest BCUT2D eigenvalue weighted by atomic mass is 35.5. The molecule has 17 heavy (non-hydrogen) atoms. The number of nitrogens with two attached hydrogens (primary N) is 1. The van der Waals surface area contributed by atoms with Crippen molar-refractivity contribution in [2.75, 3.05) is 13.6 Å². The van der Waals surface area contributed by atoms with Gasteiger partial charge in [0.25, 0.3) is 10.0 Å². The molecule has 96 valence electrons. The predicted octanol–water partition coefficient (Wildman–Crippen LogP) is 0.370. The standard InChI is InChI=1S/C8H13ClN4O2S2/c1-12(4-3-7(10)16)17(14,15)8-6(9)5-11-13(8)2/h5H,3-4H2,1-2H3,(H2,10,16). The molecule has 0 saturated heterocycles. The lowest BCUT2D eigenvalue weighted by atomic mass is 10.4. The molecule has 1 heterocycles. The summed E-state index contributed by atoms with van der Waals surface area (Å²) in [5.74, 6) is 0. The molecule has 0 atom stereocenters. The summed E-state index contributed by atoms with van der Waals surface area (Å²) in [5, 5.41) is 3.84. The number of halogens is 1. The Morgan fingerprint density at radius 3 is 2.71 bits per heavy atom. The molecule has 0 saturated carbocycles. The molecule has 1 rings (SSSR count). The first kappa shape index (κ1) is 14.4. The zero-order chi connectivity index (χ0) is 13.2. The van der Waals surface area contributed by atoms with Gasteiger partial charge in [-0.05, 0) is 0 Å². The number of nitrogens with zero attached hydrogens (tertiary/aromatic N) is 3. The SMILES string of the molecule is CN(CCC(N)=S)S(=O)(=O)c1c(Cl)cnn1C. The number of hydrogen-bond acceptors (Lipinski definition) is 4. The summed E-state index contributed by atoms with van der Waals surface area (Å²) in [5.41, 5.74) is 5.33. The van der Waals surface area contributed by atoms with Crippen LogP contribution in [0.15, 0.2) is 11.2 Å². The topological polar surface area (TPSA) is 81.2 Å². The average Bonchev–Trinajstić information content (AvgIpc) is 2.55. The Labute approximate surface area is 110 Å². The van der Waals surface area contributed by atoms with Crippen LogP contribution in [0.3, 0.4) is 0 Å². The van der Waals surface area contributed by atoms with Gasteiger partial charge >= 0.3 is 0 Å². The summed E-state index contributed by atoms with van der Waals surface area (Å²) < 4.78 is 26.7. The number of aryl methyl sites for hydroxylation is 1. The van der Waals surface area contributed by atoms with Gasteiger partial charge < -0.3 is 5.73 Å². The fourth-order valence-corrected chi connectivity index (χ4v) is 3.08. The van der Waals surface area contributed by atoms with Crippen LogP contribution >= 0.6 is 23.8 Å². The molecule has 0 fully saturated rings. The molecule has 9 heteroatoms. The fourth-order valence-electron chi connectivity index (χ4n) is 1.23. The van der Waals surface area contributed by atoms with Crippen LogP contribution in [0.4, 0.5) is 0 Å². The monoisotopic (exact) mass is 296 g/mol. The second-order valence-electron chi connectivity index (χ2n) is 3.46. The van der Waals surface area contributed by atoms with Gasteiger partial charge in [-0.3, -0.25) is 4.68 Å². The first-order valence-electron chi connectivity index (χ1n) is 4.69. The van der Waals surface area contributed by atoms with Crippen LogP contribution in [0, 0.1) is 0 Å². The predicted molar refractivity (Wildman–Crippen MR) is 69.4 cm³/mol. The third-order valence-corrected chi connectivity index (χ3v) is 4.74. The van der Waals surface area contributed by atoms with Crippen LogP contribution in [0.25, 0.3) is 0 Å². The second kappa shape index (κ2) is 5.30. The highest BCUT2D eigenvalue weighted by Gasteiger charge is 2.27. The Morgan fingerprint density at radius 1 is 1.71 bits per heavy atom. The third-order valence-electron chi connectivity index (χ3n) is 2.17. The first-order valence-corrected chi connectivity index (χ1v) is 6.91. The van der Waals surface area contributed by atoms with Crippen molar-refractivity contribution in [3.8, 4) is 0 Å². The van der Waals surface area contributed by atoms with Gasteiger partial charge in [-0.15, -0.1) is 0 Å². The fraction of sp³-hybridized carbons (Fsp3) is 0.500. The largest absolute Gasteiger partial charge is 0.393 e. The van der Waals surface area contributed by atoms with E-state index >= 15 is 0 Å². The van der Waals surface area contributed by atoms with Crippen LogP contribution in [-0.2, 0) is 17.1 Å². The van der Waals surface area contributed by atoms with Crippen molar-refractivity contribution in [1.29, 1.82) is 0 Å². The summed E-state index contributed by atoms with van der Waals surface area (Å²) in [6.45, 7) is 0.208. The van der Waals surface area contributed by atoms with Gasteiger partial charge in [-0.25, -0.2) is 8.42 Å². The van der Waals surface area contributed by atoms with E-state index in [1.807, 2.05) is 0 Å². The summed E-state index contributed by atoms with van der Waals surface area (Å²) in [6, 6.07) is 0. The van der Waals surface area contributed by atoms with Crippen molar-refractivity contribution in [1.82, 2.24) is 14.1 Å². The maximum absolute atomic E-state index is 12.1. The molecular weight excluding hydrogens is 284 g/mol. The van der Waals surface area contributed by atoms with E-state index in [2.05, 4.69) is 5.10 Å². The average molecular weight is 297 g/mol. The number of hydrogen-bond donors (Lipinski definition) is 1. The van der Waals surface area contributed by atoms with E-state index in [0.717, 1.165) is 4.31 Å². The van der Waals surface area contributed by atoms with Gasteiger partial charge in [0.15, 0.2) is 5.03 Å². The van der Waals surface area contributed by atoms with Gasteiger partial charge in [0.05, 0.1) is 16.2 Å². The van der Waals surface area contributed by atoms with Crippen molar-refractivity contribution >= 4 is 38.8 Å². The molecule has 0 bridgehead atoms. The molecule has 6 nitrogen and oxygen atoms in total. The molecule has 0 amide bonds. The Morgan fingerprint density at radius 2 is 2.29 bits per heavy atom. The van der Waals surface area contributed by atoms with E-state index in [1.165, 1.54) is 25.0 Å². The smallest absolute Gasteiger partial charge is 0.261 e. The van der Waals surface area contributed by atoms with Crippen LogP contribution in [0.1, 0.15) is 6.42 Å². The van der Waals surface area contributed by atoms with Crippen LogP contribution in [0.2, 0.25) is 5.02 Å². The Kier molecular flexibility index (Phi) is 4.48. The normalized spacial score (nSPS) is 12.0. The Bertz CT molecular complexity index is 506. The first-order chi connectivity index (χ1) is 7.76. The highest BCUT2D eigenvalue weighted by Crippen LogP contribution is 2.22. The van der Waals surface area contributed by atoms with E-state index in [4.69, 9.17) is 29.6 Å².